The molecule has 1 nitrogen and oxygen atoms in total. The van der Waals surface area contributed by atoms with Crippen LogP contribution in [-0.4, -0.2) is 5.78 Å². The molecule has 0 fully saturated rings. The Hall–Kier alpha value is -0.330. The first-order valence-electron chi connectivity index (χ1n) is 18.8. The molecule has 0 aliphatic heterocycles. The van der Waals surface area contributed by atoms with Gasteiger partial charge in [0.1, 0.15) is 5.78 Å². The second-order valence-electron chi connectivity index (χ2n) is 13.1. The van der Waals surface area contributed by atoms with Gasteiger partial charge in [0.05, 0.1) is 0 Å². The molecule has 0 heterocycles. The number of ketones is 1. The topological polar surface area (TPSA) is 17.1 Å². The van der Waals surface area contributed by atoms with Gasteiger partial charge < -0.3 is 0 Å². The van der Waals surface area contributed by atoms with Gasteiger partial charge >= 0.3 is 0 Å². The molecule has 0 N–H and O–H groups in total. The maximum absolute atomic E-state index is 12.2. The average Bonchev–Trinajstić information content (AvgIpc) is 2.94. The molecule has 0 radical (unpaired) electrons. The summed E-state index contributed by atoms with van der Waals surface area (Å²) in [4.78, 5) is 12.2. The second kappa shape index (κ2) is 33.9. The van der Waals surface area contributed by atoms with Crippen molar-refractivity contribution in [2.75, 3.05) is 0 Å². The van der Waals surface area contributed by atoms with Gasteiger partial charge in [-0.15, -0.1) is 0 Å². The van der Waals surface area contributed by atoms with E-state index in [1.54, 1.807) is 0 Å². The van der Waals surface area contributed by atoms with Gasteiger partial charge in [-0.1, -0.05) is 207 Å². The Morgan fingerprint density at radius 2 is 0.564 bits per heavy atom. The van der Waals surface area contributed by atoms with E-state index in [0.29, 0.717) is 5.78 Å². The summed E-state index contributed by atoms with van der Waals surface area (Å²) in [5.74, 6) is 1.51. The molecule has 1 atom stereocenters. The highest BCUT2D eigenvalue weighted by atomic mass is 16.1. The number of carbonyl (C=O) groups excluding carboxylic acids is 1. The van der Waals surface area contributed by atoms with E-state index in [2.05, 4.69) is 20.8 Å². The monoisotopic (exact) mass is 549 g/mol. The number of hydrogen-bond donors (Lipinski definition) is 0. The highest BCUT2D eigenvalue weighted by Gasteiger charge is 2.09. The Bertz CT molecular complexity index is 456. The highest BCUT2D eigenvalue weighted by Crippen LogP contribution is 2.25. The largest absolute Gasteiger partial charge is 0.300 e. The van der Waals surface area contributed by atoms with Crippen LogP contribution in [0.15, 0.2) is 0 Å². The maximum atomic E-state index is 12.2. The molecule has 39 heavy (non-hydrogen) atoms. The summed E-state index contributed by atoms with van der Waals surface area (Å²) in [6.07, 6.45) is 44.9. The second-order valence-corrected chi connectivity index (χ2v) is 13.1. The third-order valence-electron chi connectivity index (χ3n) is 9.06. The lowest BCUT2D eigenvalue weighted by atomic mass is 9.89. The third kappa shape index (κ3) is 32.1. The third-order valence-corrected chi connectivity index (χ3v) is 9.06. The van der Waals surface area contributed by atoms with Crippen molar-refractivity contribution in [2.45, 2.75) is 233 Å². The average molecular weight is 549 g/mol. The molecule has 0 aliphatic rings. The first-order valence-corrected chi connectivity index (χ1v) is 18.8. The van der Waals surface area contributed by atoms with Crippen LogP contribution in [0.5, 0.6) is 0 Å². The van der Waals surface area contributed by atoms with Crippen LogP contribution < -0.4 is 0 Å². The number of unbranched alkanes of at least 4 members (excludes halogenated alkanes) is 24. The zero-order chi connectivity index (χ0) is 28.5. The lowest BCUT2D eigenvalue weighted by molar-refractivity contribution is -0.119. The van der Waals surface area contributed by atoms with E-state index in [0.717, 1.165) is 31.6 Å². The Balaban J connectivity index is 3.79. The maximum Gasteiger partial charge on any atom is 0.132 e. The molecule has 0 saturated carbocycles. The molecule has 0 rings (SSSR count). The lowest BCUT2D eigenvalue weighted by Crippen LogP contribution is -2.02. The Morgan fingerprint density at radius 1 is 0.333 bits per heavy atom. The minimum atomic E-state index is 0.530. The Morgan fingerprint density at radius 3 is 0.846 bits per heavy atom. The standard InChI is InChI=1S/C38H76O/c1-4-7-10-13-16-18-20-25-30-35-38(39)36-31-26-21-24-29-34-37(32-27-22-15-12-9-6-3)33-28-23-19-17-14-11-8-5-2/h37H,4-36H2,1-3H3. The molecule has 0 bridgehead atoms. The summed E-state index contributed by atoms with van der Waals surface area (Å²) in [5.41, 5.74) is 0. The van der Waals surface area contributed by atoms with Crippen LogP contribution in [-0.2, 0) is 4.79 Å². The van der Waals surface area contributed by atoms with Crippen LogP contribution in [0.25, 0.3) is 0 Å². The van der Waals surface area contributed by atoms with Crippen LogP contribution in [0.3, 0.4) is 0 Å². The van der Waals surface area contributed by atoms with Crippen LogP contribution in [0.4, 0.5) is 0 Å². The van der Waals surface area contributed by atoms with Crippen LogP contribution >= 0.6 is 0 Å². The van der Waals surface area contributed by atoms with Crippen molar-refractivity contribution in [2.24, 2.45) is 5.92 Å². The summed E-state index contributed by atoms with van der Waals surface area (Å²) >= 11 is 0. The fourth-order valence-electron chi connectivity index (χ4n) is 6.26. The molecule has 0 spiro atoms. The predicted molar refractivity (Wildman–Crippen MR) is 178 cm³/mol. The molecule has 1 heteroatoms. The van der Waals surface area contributed by atoms with Crippen molar-refractivity contribution in [1.82, 2.24) is 0 Å². The van der Waals surface area contributed by atoms with Crippen molar-refractivity contribution in [3.05, 3.63) is 0 Å². The van der Waals surface area contributed by atoms with E-state index < -0.39 is 0 Å². The minimum absolute atomic E-state index is 0.530. The van der Waals surface area contributed by atoms with Crippen molar-refractivity contribution in [1.29, 1.82) is 0 Å². The summed E-state index contributed by atoms with van der Waals surface area (Å²) in [6, 6.07) is 0. The van der Waals surface area contributed by atoms with Gasteiger partial charge in [-0.25, -0.2) is 0 Å². The quantitative estimate of drug-likeness (QED) is 0.0731. The molecule has 0 aliphatic carbocycles. The van der Waals surface area contributed by atoms with Gasteiger partial charge in [-0.3, -0.25) is 4.79 Å². The first kappa shape index (κ1) is 38.7. The molecule has 234 valence electrons. The summed E-state index contributed by atoms with van der Waals surface area (Å²) in [7, 11) is 0. The van der Waals surface area contributed by atoms with Crippen LogP contribution in [0.2, 0.25) is 0 Å². The molecule has 0 aromatic heterocycles. The number of rotatable bonds is 34. The summed E-state index contributed by atoms with van der Waals surface area (Å²) in [5, 5.41) is 0. The fourth-order valence-corrected chi connectivity index (χ4v) is 6.26. The molecular formula is C38H76O. The van der Waals surface area contributed by atoms with Crippen molar-refractivity contribution < 1.29 is 4.79 Å². The zero-order valence-electron chi connectivity index (χ0n) is 27.8. The van der Waals surface area contributed by atoms with Crippen LogP contribution in [0, 0.1) is 5.92 Å². The van der Waals surface area contributed by atoms with E-state index in [1.165, 1.54) is 186 Å². The van der Waals surface area contributed by atoms with E-state index >= 15 is 0 Å². The molecule has 0 amide bonds. The van der Waals surface area contributed by atoms with E-state index in [-0.39, 0.29) is 0 Å². The van der Waals surface area contributed by atoms with Gasteiger partial charge in [0.15, 0.2) is 0 Å². The normalized spacial score (nSPS) is 12.3. The van der Waals surface area contributed by atoms with Crippen molar-refractivity contribution >= 4 is 5.78 Å². The number of hydrogen-bond acceptors (Lipinski definition) is 1. The SMILES string of the molecule is CCCCCCCCCCCC(=O)CCCCCCCC(CCCCCCCC)CCCCCCCCCC. The molecule has 0 aromatic carbocycles. The lowest BCUT2D eigenvalue weighted by Gasteiger charge is -2.17. The van der Waals surface area contributed by atoms with E-state index in [9.17, 15) is 4.79 Å². The molecule has 0 saturated heterocycles. The van der Waals surface area contributed by atoms with Gasteiger partial charge in [0.25, 0.3) is 0 Å². The van der Waals surface area contributed by atoms with E-state index in [4.69, 9.17) is 0 Å². The number of carbonyl (C=O) groups is 1. The zero-order valence-corrected chi connectivity index (χ0v) is 27.8. The molecule has 1 unspecified atom stereocenters. The predicted octanol–water partition coefficient (Wildman–Crippen LogP) is 14.1. The molecular weight excluding hydrogens is 472 g/mol. The minimum Gasteiger partial charge on any atom is -0.300 e. The first-order chi connectivity index (χ1) is 19.2. The van der Waals surface area contributed by atoms with Crippen molar-refractivity contribution in [3.8, 4) is 0 Å². The Labute approximate surface area is 248 Å². The van der Waals surface area contributed by atoms with Gasteiger partial charge in [0, 0.05) is 12.8 Å². The van der Waals surface area contributed by atoms with Gasteiger partial charge in [-0.05, 0) is 18.8 Å². The van der Waals surface area contributed by atoms with E-state index in [1.807, 2.05) is 0 Å². The Kier molecular flexibility index (Phi) is 33.6. The van der Waals surface area contributed by atoms with Crippen molar-refractivity contribution in [3.63, 3.8) is 0 Å². The summed E-state index contributed by atoms with van der Waals surface area (Å²) in [6.45, 7) is 6.91. The molecule has 0 aromatic rings. The van der Waals surface area contributed by atoms with Gasteiger partial charge in [0.2, 0.25) is 0 Å². The van der Waals surface area contributed by atoms with Gasteiger partial charge in [-0.2, -0.15) is 0 Å². The highest BCUT2D eigenvalue weighted by molar-refractivity contribution is 5.78. The van der Waals surface area contributed by atoms with Crippen LogP contribution in [0.1, 0.15) is 233 Å². The fraction of sp³-hybridized carbons (Fsp3) is 0.974. The number of Topliss-reactive ketones (excluding diaryl/α,β-unsaturated/α-hetero) is 1. The summed E-state index contributed by atoms with van der Waals surface area (Å²) < 4.78 is 0. The smallest absolute Gasteiger partial charge is 0.132 e.